The van der Waals surface area contributed by atoms with Crippen LogP contribution in [0.1, 0.15) is 11.1 Å². The number of nitrogens with zero attached hydrogens (tertiary/aromatic N) is 2. The van der Waals surface area contributed by atoms with Gasteiger partial charge in [-0.25, -0.2) is 4.98 Å². The van der Waals surface area contributed by atoms with Crippen molar-refractivity contribution < 1.29 is 18.9 Å². The fourth-order valence-corrected chi connectivity index (χ4v) is 3.27. The molecule has 0 spiro atoms. The lowest BCUT2D eigenvalue weighted by molar-refractivity contribution is -0.384. The first-order valence-corrected chi connectivity index (χ1v) is 9.54. The number of para-hydroxylation sites is 1. The van der Waals surface area contributed by atoms with Crippen LogP contribution in [-0.4, -0.2) is 22.4 Å². The minimum atomic E-state index is -0.495. The van der Waals surface area contributed by atoms with Gasteiger partial charge in [-0.3, -0.25) is 14.9 Å². The monoisotopic (exact) mass is 417 g/mol. The van der Waals surface area contributed by atoms with Crippen molar-refractivity contribution in [3.8, 4) is 17.2 Å². The van der Waals surface area contributed by atoms with Gasteiger partial charge in [0.2, 0.25) is 5.89 Å². The Hall–Kier alpha value is -4.20. The van der Waals surface area contributed by atoms with Gasteiger partial charge in [0.1, 0.15) is 11.3 Å². The van der Waals surface area contributed by atoms with Crippen molar-refractivity contribution in [2.75, 3.05) is 11.9 Å². The zero-order valence-electron chi connectivity index (χ0n) is 16.9. The normalized spacial score (nSPS) is 10.8. The van der Waals surface area contributed by atoms with E-state index in [9.17, 15) is 14.9 Å². The van der Waals surface area contributed by atoms with Gasteiger partial charge in [0.25, 0.3) is 11.6 Å². The lowest BCUT2D eigenvalue weighted by atomic mass is 10.1. The third-order valence-electron chi connectivity index (χ3n) is 4.58. The number of anilines is 1. The number of aryl methyl sites for hydroxylation is 2. The van der Waals surface area contributed by atoms with Gasteiger partial charge in [0, 0.05) is 6.07 Å². The van der Waals surface area contributed by atoms with Crippen molar-refractivity contribution in [1.29, 1.82) is 0 Å². The van der Waals surface area contributed by atoms with Crippen LogP contribution in [0.15, 0.2) is 65.1 Å². The average Bonchev–Trinajstić information content (AvgIpc) is 3.15. The number of carbonyl (C=O) groups excluding carboxylic acids is 1. The van der Waals surface area contributed by atoms with Crippen LogP contribution in [0.25, 0.3) is 22.6 Å². The summed E-state index contributed by atoms with van der Waals surface area (Å²) in [6.07, 6.45) is 0. The van der Waals surface area contributed by atoms with Crippen LogP contribution < -0.4 is 10.1 Å². The number of carbonyl (C=O) groups is 1. The predicted molar refractivity (Wildman–Crippen MR) is 116 cm³/mol. The number of nitrogens with one attached hydrogen (secondary N) is 1. The van der Waals surface area contributed by atoms with Gasteiger partial charge in [0.15, 0.2) is 12.2 Å². The maximum absolute atomic E-state index is 12.5. The van der Waals surface area contributed by atoms with E-state index >= 15 is 0 Å². The second-order valence-electron chi connectivity index (χ2n) is 7.13. The summed E-state index contributed by atoms with van der Waals surface area (Å²) in [6, 6.07) is 17.0. The third-order valence-corrected chi connectivity index (χ3v) is 4.58. The molecule has 1 N–H and O–H groups in total. The number of hydrogen-bond acceptors (Lipinski definition) is 6. The lowest BCUT2D eigenvalue weighted by Crippen LogP contribution is -2.20. The van der Waals surface area contributed by atoms with Gasteiger partial charge in [-0.1, -0.05) is 18.2 Å². The van der Waals surface area contributed by atoms with E-state index in [-0.39, 0.29) is 24.1 Å². The van der Waals surface area contributed by atoms with Crippen LogP contribution in [-0.2, 0) is 4.79 Å². The van der Waals surface area contributed by atoms with Gasteiger partial charge >= 0.3 is 0 Å². The van der Waals surface area contributed by atoms with E-state index in [0.29, 0.717) is 28.1 Å². The highest BCUT2D eigenvalue weighted by molar-refractivity contribution is 5.96. The topological polar surface area (TPSA) is 108 Å². The second kappa shape index (κ2) is 8.27. The van der Waals surface area contributed by atoms with Crippen LogP contribution >= 0.6 is 0 Å². The predicted octanol–water partition coefficient (Wildman–Crippen LogP) is 5.04. The zero-order chi connectivity index (χ0) is 22.0. The molecule has 0 aliphatic heterocycles. The molecule has 0 saturated heterocycles. The molecule has 8 nitrogen and oxygen atoms in total. The number of oxazole rings is 1. The summed E-state index contributed by atoms with van der Waals surface area (Å²) >= 11 is 0. The highest BCUT2D eigenvalue weighted by Gasteiger charge is 2.16. The van der Waals surface area contributed by atoms with Crippen molar-refractivity contribution in [1.82, 2.24) is 4.98 Å². The Morgan fingerprint density at radius 1 is 1.10 bits per heavy atom. The standard InChI is InChI=1S/C23H19N3O5/c1-14-9-15(2)11-17(10-14)30-13-22(27)24-19-6-4-3-5-18(19)23-25-20-8-7-16(26(28)29)12-21(20)31-23/h3-12H,13H2,1-2H3,(H,24,27). The molecule has 4 rings (SSSR count). The Bertz CT molecular complexity index is 1280. The van der Waals surface area contributed by atoms with Crippen molar-refractivity contribution in [3.63, 3.8) is 0 Å². The molecule has 0 saturated carbocycles. The van der Waals surface area contributed by atoms with Crippen molar-refractivity contribution in [3.05, 3.63) is 81.9 Å². The number of nitro benzene ring substituents is 1. The van der Waals surface area contributed by atoms with Crippen LogP contribution in [0, 0.1) is 24.0 Å². The number of benzene rings is 3. The number of nitro groups is 1. The van der Waals surface area contributed by atoms with Crippen LogP contribution in [0.4, 0.5) is 11.4 Å². The van der Waals surface area contributed by atoms with Gasteiger partial charge in [-0.2, -0.15) is 0 Å². The molecule has 1 amide bonds. The molecular formula is C23H19N3O5. The molecule has 1 aromatic heterocycles. The lowest BCUT2D eigenvalue weighted by Gasteiger charge is -2.11. The largest absolute Gasteiger partial charge is 0.484 e. The number of aromatic nitrogens is 1. The quantitative estimate of drug-likeness (QED) is 0.348. The summed E-state index contributed by atoms with van der Waals surface area (Å²) in [4.78, 5) is 27.3. The number of amides is 1. The fraction of sp³-hybridized carbons (Fsp3) is 0.130. The first-order chi connectivity index (χ1) is 14.9. The molecular weight excluding hydrogens is 398 g/mol. The SMILES string of the molecule is Cc1cc(C)cc(OCC(=O)Nc2ccccc2-c2nc3ccc([N+](=O)[O-])cc3o2)c1. The maximum atomic E-state index is 12.5. The smallest absolute Gasteiger partial charge is 0.273 e. The van der Waals surface area contributed by atoms with E-state index in [1.165, 1.54) is 18.2 Å². The van der Waals surface area contributed by atoms with Gasteiger partial charge in [-0.05, 0) is 55.3 Å². The molecule has 0 bridgehead atoms. The summed E-state index contributed by atoms with van der Waals surface area (Å²) in [5.74, 6) is 0.543. The van der Waals surface area contributed by atoms with Gasteiger partial charge < -0.3 is 14.5 Å². The minimum Gasteiger partial charge on any atom is -0.484 e. The van der Waals surface area contributed by atoms with E-state index in [1.807, 2.05) is 32.0 Å². The van der Waals surface area contributed by atoms with E-state index in [1.54, 1.807) is 24.3 Å². The fourth-order valence-electron chi connectivity index (χ4n) is 3.27. The summed E-state index contributed by atoms with van der Waals surface area (Å²) in [6.45, 7) is 3.77. The van der Waals surface area contributed by atoms with E-state index < -0.39 is 4.92 Å². The van der Waals surface area contributed by atoms with E-state index in [0.717, 1.165) is 11.1 Å². The van der Waals surface area contributed by atoms with Crippen LogP contribution in [0.3, 0.4) is 0 Å². The Labute approximate surface area is 177 Å². The maximum Gasteiger partial charge on any atom is 0.273 e. The Balaban J connectivity index is 1.54. The van der Waals surface area contributed by atoms with Crippen molar-refractivity contribution in [2.45, 2.75) is 13.8 Å². The van der Waals surface area contributed by atoms with Gasteiger partial charge in [0.05, 0.1) is 22.2 Å². The molecule has 0 unspecified atom stereocenters. The first kappa shape index (κ1) is 20.1. The van der Waals surface area contributed by atoms with Crippen LogP contribution in [0.5, 0.6) is 5.75 Å². The number of fused-ring (bicyclic) bond motifs is 1. The van der Waals surface area contributed by atoms with Crippen molar-refractivity contribution in [2.24, 2.45) is 0 Å². The third kappa shape index (κ3) is 4.53. The summed E-state index contributed by atoms with van der Waals surface area (Å²) in [7, 11) is 0. The van der Waals surface area contributed by atoms with Crippen LogP contribution in [0.2, 0.25) is 0 Å². The Morgan fingerprint density at radius 2 is 1.84 bits per heavy atom. The second-order valence-corrected chi connectivity index (χ2v) is 7.13. The van der Waals surface area contributed by atoms with E-state index in [4.69, 9.17) is 9.15 Å². The zero-order valence-corrected chi connectivity index (χ0v) is 16.9. The van der Waals surface area contributed by atoms with E-state index in [2.05, 4.69) is 10.3 Å². The summed E-state index contributed by atoms with van der Waals surface area (Å²) in [5, 5.41) is 13.8. The average molecular weight is 417 g/mol. The summed E-state index contributed by atoms with van der Waals surface area (Å²) in [5.41, 5.74) is 3.86. The molecule has 31 heavy (non-hydrogen) atoms. The molecule has 3 aromatic carbocycles. The number of ether oxygens (including phenoxy) is 1. The highest BCUT2D eigenvalue weighted by atomic mass is 16.6. The molecule has 0 radical (unpaired) electrons. The molecule has 0 aliphatic carbocycles. The number of rotatable bonds is 6. The van der Waals surface area contributed by atoms with Crippen molar-refractivity contribution >= 4 is 28.4 Å². The number of hydrogen-bond donors (Lipinski definition) is 1. The first-order valence-electron chi connectivity index (χ1n) is 9.54. The molecule has 1 heterocycles. The Morgan fingerprint density at radius 3 is 2.58 bits per heavy atom. The molecule has 0 fully saturated rings. The molecule has 4 aromatic rings. The Kier molecular flexibility index (Phi) is 5.36. The molecule has 8 heteroatoms. The molecule has 0 aliphatic rings. The van der Waals surface area contributed by atoms with Gasteiger partial charge in [-0.15, -0.1) is 0 Å². The summed E-state index contributed by atoms with van der Waals surface area (Å²) < 4.78 is 11.3. The molecule has 0 atom stereocenters. The number of non-ortho nitro benzene ring substituents is 1. The minimum absolute atomic E-state index is 0.0830. The molecule has 156 valence electrons. The highest BCUT2D eigenvalue weighted by Crippen LogP contribution is 2.31.